The second-order valence-corrected chi connectivity index (χ2v) is 10.4. The van der Waals surface area contributed by atoms with Gasteiger partial charge >= 0.3 is 0 Å². The van der Waals surface area contributed by atoms with Gasteiger partial charge in [-0.3, -0.25) is 24.0 Å². The number of primary amides is 1. The highest BCUT2D eigenvalue weighted by Gasteiger charge is 2.26. The standard InChI is InChI=1S/C27H36N6O6S/c1-17-16-40-24(31-17)8-4-13-29-27(38)20-10-12-23(35)32-19(9-11-22(28)34)26(37)30-14-5-15-39-21-7-3-2-6-18(21)25(36)33-20/h2-3,6-7,16,19-20H,4-5,8-15H2,1H3,(H2,28,34)(H,29,38)(H,30,37)(H,32,35)(H,33,36)/t19?,20-/m0/s1. The van der Waals surface area contributed by atoms with Crippen molar-refractivity contribution in [2.45, 2.75) is 64.0 Å². The number of carbonyl (C=O) groups is 5. The molecular weight excluding hydrogens is 536 g/mol. The molecule has 0 saturated heterocycles. The number of amides is 5. The molecule has 1 unspecified atom stereocenters. The van der Waals surface area contributed by atoms with Crippen LogP contribution in [0.5, 0.6) is 5.75 Å². The number of thiazole rings is 1. The lowest BCUT2D eigenvalue weighted by Crippen LogP contribution is -2.49. The highest BCUT2D eigenvalue weighted by Crippen LogP contribution is 2.19. The summed E-state index contributed by atoms with van der Waals surface area (Å²) in [6.45, 7) is 2.77. The van der Waals surface area contributed by atoms with Crippen molar-refractivity contribution in [1.29, 1.82) is 0 Å². The van der Waals surface area contributed by atoms with E-state index in [-0.39, 0.29) is 44.4 Å². The van der Waals surface area contributed by atoms with E-state index in [0.29, 0.717) is 31.6 Å². The number of nitrogens with zero attached hydrogens (tertiary/aromatic N) is 1. The first-order chi connectivity index (χ1) is 19.2. The van der Waals surface area contributed by atoms with Gasteiger partial charge in [0.15, 0.2) is 0 Å². The summed E-state index contributed by atoms with van der Waals surface area (Å²) in [6, 6.07) is 4.68. The van der Waals surface area contributed by atoms with Crippen LogP contribution in [0.3, 0.4) is 0 Å². The smallest absolute Gasteiger partial charge is 0.255 e. The molecule has 1 aliphatic heterocycles. The Labute approximate surface area is 236 Å². The third kappa shape index (κ3) is 9.95. The quantitative estimate of drug-likeness (QED) is 0.289. The zero-order chi connectivity index (χ0) is 28.9. The van der Waals surface area contributed by atoms with Gasteiger partial charge in [-0.05, 0) is 44.7 Å². The molecule has 5 amide bonds. The monoisotopic (exact) mass is 572 g/mol. The molecule has 0 radical (unpaired) electrons. The summed E-state index contributed by atoms with van der Waals surface area (Å²) in [5.74, 6) is -2.13. The number of rotatable bonds is 8. The number of carbonyl (C=O) groups excluding carboxylic acids is 5. The maximum Gasteiger partial charge on any atom is 0.255 e. The summed E-state index contributed by atoms with van der Waals surface area (Å²) < 4.78 is 5.79. The molecule has 1 aromatic carbocycles. The first-order valence-electron chi connectivity index (χ1n) is 13.3. The van der Waals surface area contributed by atoms with Gasteiger partial charge in [-0.15, -0.1) is 11.3 Å². The predicted octanol–water partition coefficient (Wildman–Crippen LogP) is 0.728. The van der Waals surface area contributed by atoms with Crippen molar-refractivity contribution in [2.75, 3.05) is 19.7 Å². The van der Waals surface area contributed by atoms with E-state index in [4.69, 9.17) is 10.5 Å². The minimum absolute atomic E-state index is 0.0116. The average Bonchev–Trinajstić information content (AvgIpc) is 3.35. The maximum absolute atomic E-state index is 13.2. The first-order valence-corrected chi connectivity index (χ1v) is 14.2. The summed E-state index contributed by atoms with van der Waals surface area (Å²) in [6.07, 6.45) is 1.60. The summed E-state index contributed by atoms with van der Waals surface area (Å²) in [5, 5.41) is 13.9. The van der Waals surface area contributed by atoms with Gasteiger partial charge in [0, 0.05) is 43.4 Å². The third-order valence-corrected chi connectivity index (χ3v) is 7.18. The molecule has 1 aromatic heterocycles. The van der Waals surface area contributed by atoms with Crippen molar-refractivity contribution in [3.05, 3.63) is 45.9 Å². The Morgan fingerprint density at radius 3 is 2.75 bits per heavy atom. The molecule has 40 heavy (non-hydrogen) atoms. The number of ether oxygens (including phenoxy) is 1. The zero-order valence-corrected chi connectivity index (χ0v) is 23.3. The van der Waals surface area contributed by atoms with Gasteiger partial charge in [0.1, 0.15) is 17.8 Å². The Kier molecular flexibility index (Phi) is 11.9. The highest BCUT2D eigenvalue weighted by molar-refractivity contribution is 7.09. The number of nitrogens with one attached hydrogen (secondary N) is 4. The van der Waals surface area contributed by atoms with Gasteiger partial charge in [0.05, 0.1) is 17.2 Å². The number of para-hydroxylation sites is 1. The van der Waals surface area contributed by atoms with Crippen LogP contribution >= 0.6 is 11.3 Å². The minimum Gasteiger partial charge on any atom is -0.493 e. The Morgan fingerprint density at radius 2 is 2.00 bits per heavy atom. The number of hydrogen-bond acceptors (Lipinski definition) is 8. The van der Waals surface area contributed by atoms with Crippen LogP contribution in [-0.4, -0.2) is 66.3 Å². The average molecular weight is 573 g/mol. The molecule has 12 nitrogen and oxygen atoms in total. The van der Waals surface area contributed by atoms with E-state index in [1.807, 2.05) is 12.3 Å². The van der Waals surface area contributed by atoms with Crippen molar-refractivity contribution < 1.29 is 28.7 Å². The second kappa shape index (κ2) is 15.6. The molecule has 1 aliphatic rings. The van der Waals surface area contributed by atoms with Crippen LogP contribution in [0.2, 0.25) is 0 Å². The molecular formula is C27H36N6O6S. The van der Waals surface area contributed by atoms with Gasteiger partial charge in [0.2, 0.25) is 23.6 Å². The van der Waals surface area contributed by atoms with E-state index < -0.39 is 41.6 Å². The fraction of sp³-hybridized carbons (Fsp3) is 0.481. The van der Waals surface area contributed by atoms with Crippen LogP contribution in [0.4, 0.5) is 0 Å². The number of nitrogens with two attached hydrogens (primary N) is 1. The first kappa shape index (κ1) is 30.5. The normalized spacial score (nSPS) is 18.9. The van der Waals surface area contributed by atoms with Gasteiger partial charge in [-0.1, -0.05) is 12.1 Å². The Hall–Kier alpha value is -4.00. The largest absolute Gasteiger partial charge is 0.493 e. The van der Waals surface area contributed by atoms with Crippen LogP contribution in [0.25, 0.3) is 0 Å². The Balaban J connectivity index is 1.72. The van der Waals surface area contributed by atoms with Crippen LogP contribution in [0.15, 0.2) is 29.6 Å². The van der Waals surface area contributed by atoms with Gasteiger partial charge < -0.3 is 31.7 Å². The molecule has 13 heteroatoms. The highest BCUT2D eigenvalue weighted by atomic mass is 32.1. The molecule has 0 aliphatic carbocycles. The van der Waals surface area contributed by atoms with Crippen LogP contribution < -0.4 is 31.7 Å². The molecule has 0 saturated carbocycles. The molecule has 216 valence electrons. The fourth-order valence-corrected chi connectivity index (χ4v) is 4.88. The lowest BCUT2D eigenvalue weighted by atomic mass is 10.1. The molecule has 6 N–H and O–H groups in total. The van der Waals surface area contributed by atoms with Crippen LogP contribution in [0, 0.1) is 6.92 Å². The van der Waals surface area contributed by atoms with E-state index in [1.54, 1.807) is 35.6 Å². The third-order valence-electron chi connectivity index (χ3n) is 6.16. The van der Waals surface area contributed by atoms with E-state index in [2.05, 4.69) is 26.3 Å². The van der Waals surface area contributed by atoms with Crippen molar-refractivity contribution >= 4 is 40.9 Å². The summed E-state index contributed by atoms with van der Waals surface area (Å²) >= 11 is 1.56. The second-order valence-electron chi connectivity index (χ2n) is 9.46. The minimum atomic E-state index is -1.01. The number of benzene rings is 1. The summed E-state index contributed by atoms with van der Waals surface area (Å²) in [4.78, 5) is 67.4. The van der Waals surface area contributed by atoms with Gasteiger partial charge in [0.25, 0.3) is 5.91 Å². The van der Waals surface area contributed by atoms with Crippen molar-refractivity contribution in [2.24, 2.45) is 5.73 Å². The van der Waals surface area contributed by atoms with Gasteiger partial charge in [-0.2, -0.15) is 0 Å². The Bertz CT molecular complexity index is 1200. The summed E-state index contributed by atoms with van der Waals surface area (Å²) in [5.41, 5.74) is 6.44. The van der Waals surface area contributed by atoms with Gasteiger partial charge in [-0.25, -0.2) is 4.98 Å². The lowest BCUT2D eigenvalue weighted by Gasteiger charge is -2.22. The van der Waals surface area contributed by atoms with Crippen molar-refractivity contribution in [3.63, 3.8) is 0 Å². The van der Waals surface area contributed by atoms with E-state index in [1.165, 1.54) is 0 Å². The van der Waals surface area contributed by atoms with Crippen LogP contribution in [0.1, 0.15) is 59.6 Å². The molecule has 0 spiro atoms. The molecule has 0 bridgehead atoms. The van der Waals surface area contributed by atoms with E-state index in [9.17, 15) is 24.0 Å². The van der Waals surface area contributed by atoms with E-state index in [0.717, 1.165) is 10.7 Å². The predicted molar refractivity (Wildman–Crippen MR) is 149 cm³/mol. The zero-order valence-electron chi connectivity index (χ0n) is 22.5. The molecule has 2 aromatic rings. The number of aromatic nitrogens is 1. The number of hydrogen-bond donors (Lipinski definition) is 5. The summed E-state index contributed by atoms with van der Waals surface area (Å²) in [7, 11) is 0. The van der Waals surface area contributed by atoms with Crippen LogP contribution in [-0.2, 0) is 25.6 Å². The fourth-order valence-electron chi connectivity index (χ4n) is 4.06. The molecule has 2 heterocycles. The van der Waals surface area contributed by atoms with Crippen molar-refractivity contribution in [1.82, 2.24) is 26.3 Å². The number of fused-ring (bicyclic) bond motifs is 1. The number of aryl methyl sites for hydroxylation is 2. The van der Waals surface area contributed by atoms with Crippen molar-refractivity contribution in [3.8, 4) is 5.75 Å². The lowest BCUT2D eigenvalue weighted by molar-refractivity contribution is -0.130. The van der Waals surface area contributed by atoms with E-state index >= 15 is 0 Å². The maximum atomic E-state index is 13.2. The molecule has 3 rings (SSSR count). The SMILES string of the molecule is Cc1csc(CCCNC(=O)[C@@H]2CCC(=O)NC(CCC(N)=O)C(=O)NCCCOc3ccccc3C(=O)N2)n1. The molecule has 0 fully saturated rings. The topological polar surface area (TPSA) is 182 Å². The Morgan fingerprint density at radius 1 is 1.20 bits per heavy atom. The molecule has 2 atom stereocenters.